The van der Waals surface area contributed by atoms with Gasteiger partial charge in [0.2, 0.25) is 0 Å². The van der Waals surface area contributed by atoms with Crippen molar-refractivity contribution < 1.29 is 8.78 Å². The minimum Gasteiger partial charge on any atom is -0.271 e. The zero-order valence-electron chi connectivity index (χ0n) is 10.5. The van der Waals surface area contributed by atoms with Gasteiger partial charge in [-0.2, -0.15) is 0 Å². The van der Waals surface area contributed by atoms with Crippen LogP contribution in [0.15, 0.2) is 36.5 Å². The number of aryl methyl sites for hydroxylation is 1. The van der Waals surface area contributed by atoms with Gasteiger partial charge in [-0.05, 0) is 36.6 Å². The minimum atomic E-state index is -0.590. The maximum atomic E-state index is 13.6. The summed E-state index contributed by atoms with van der Waals surface area (Å²) in [5, 5.41) is 0. The number of aromatic nitrogens is 1. The number of nitrogens with one attached hydrogen (secondary N) is 1. The predicted octanol–water partition coefficient (Wildman–Crippen LogP) is 2.42. The van der Waals surface area contributed by atoms with Crippen LogP contribution in [-0.4, -0.2) is 4.98 Å². The Morgan fingerprint density at radius 2 is 2.11 bits per heavy atom. The third-order valence-electron chi connectivity index (χ3n) is 3.02. The molecule has 0 aliphatic rings. The van der Waals surface area contributed by atoms with Gasteiger partial charge in [-0.25, -0.2) is 8.78 Å². The molecule has 3 nitrogen and oxygen atoms in total. The van der Waals surface area contributed by atoms with Gasteiger partial charge in [-0.15, -0.1) is 0 Å². The van der Waals surface area contributed by atoms with Gasteiger partial charge >= 0.3 is 0 Å². The fourth-order valence-corrected chi connectivity index (χ4v) is 2.00. The van der Waals surface area contributed by atoms with Crippen LogP contribution >= 0.6 is 0 Å². The molecule has 2 aromatic rings. The Labute approximate surface area is 110 Å². The lowest BCUT2D eigenvalue weighted by molar-refractivity contribution is 0.511. The molecule has 3 N–H and O–H groups in total. The molecule has 1 aromatic heterocycles. The second kappa shape index (κ2) is 5.86. The molecule has 1 heterocycles. The van der Waals surface area contributed by atoms with E-state index in [0.29, 0.717) is 12.0 Å². The van der Waals surface area contributed by atoms with Crippen LogP contribution < -0.4 is 11.3 Å². The normalized spacial score (nSPS) is 12.4. The highest BCUT2D eigenvalue weighted by molar-refractivity contribution is 5.25. The highest BCUT2D eigenvalue weighted by Crippen LogP contribution is 2.21. The molecule has 1 unspecified atom stereocenters. The van der Waals surface area contributed by atoms with Crippen LogP contribution in [0.5, 0.6) is 0 Å². The van der Waals surface area contributed by atoms with E-state index in [4.69, 9.17) is 5.84 Å². The number of halogens is 2. The summed E-state index contributed by atoms with van der Waals surface area (Å²) in [5.74, 6) is 4.35. The van der Waals surface area contributed by atoms with Crippen molar-refractivity contribution in [1.82, 2.24) is 10.4 Å². The van der Waals surface area contributed by atoms with E-state index >= 15 is 0 Å². The van der Waals surface area contributed by atoms with Crippen molar-refractivity contribution in [3.8, 4) is 0 Å². The van der Waals surface area contributed by atoms with Gasteiger partial charge in [0.25, 0.3) is 0 Å². The number of benzene rings is 1. The summed E-state index contributed by atoms with van der Waals surface area (Å²) in [7, 11) is 0. The molecule has 0 radical (unpaired) electrons. The SMILES string of the molecule is Cc1cccnc1C(Cc1ccc(F)cc1F)NN. The Kier molecular flexibility index (Phi) is 4.19. The van der Waals surface area contributed by atoms with Crippen molar-refractivity contribution in [3.63, 3.8) is 0 Å². The molecule has 100 valence electrons. The van der Waals surface area contributed by atoms with Gasteiger partial charge < -0.3 is 0 Å². The molecule has 0 amide bonds. The van der Waals surface area contributed by atoms with Crippen molar-refractivity contribution in [3.05, 3.63) is 65.0 Å². The molecule has 1 atom stereocenters. The van der Waals surface area contributed by atoms with Crippen LogP contribution in [0.1, 0.15) is 22.9 Å². The molecular formula is C14H15F2N3. The second-order valence-corrected chi connectivity index (χ2v) is 4.36. The first-order valence-corrected chi connectivity index (χ1v) is 5.93. The molecule has 0 bridgehead atoms. The summed E-state index contributed by atoms with van der Waals surface area (Å²) in [6.07, 6.45) is 1.97. The summed E-state index contributed by atoms with van der Waals surface area (Å²) in [6.45, 7) is 1.91. The van der Waals surface area contributed by atoms with Crippen molar-refractivity contribution >= 4 is 0 Å². The fourth-order valence-electron chi connectivity index (χ4n) is 2.00. The first-order valence-electron chi connectivity index (χ1n) is 5.93. The molecular weight excluding hydrogens is 248 g/mol. The van der Waals surface area contributed by atoms with E-state index in [0.717, 1.165) is 17.3 Å². The van der Waals surface area contributed by atoms with Crippen LogP contribution in [0, 0.1) is 18.6 Å². The van der Waals surface area contributed by atoms with E-state index in [1.807, 2.05) is 19.1 Å². The van der Waals surface area contributed by atoms with Gasteiger partial charge in [-0.1, -0.05) is 12.1 Å². The zero-order chi connectivity index (χ0) is 13.8. The molecule has 19 heavy (non-hydrogen) atoms. The summed E-state index contributed by atoms with van der Waals surface area (Å²) in [6, 6.07) is 6.94. The maximum absolute atomic E-state index is 13.6. The van der Waals surface area contributed by atoms with Crippen LogP contribution in [0.2, 0.25) is 0 Å². The van der Waals surface area contributed by atoms with Gasteiger partial charge in [0.1, 0.15) is 11.6 Å². The molecule has 1 aromatic carbocycles. The Balaban J connectivity index is 2.27. The Morgan fingerprint density at radius 1 is 1.32 bits per heavy atom. The number of rotatable bonds is 4. The smallest absolute Gasteiger partial charge is 0.129 e. The lowest BCUT2D eigenvalue weighted by Gasteiger charge is -2.17. The lowest BCUT2D eigenvalue weighted by atomic mass is 10.00. The average Bonchev–Trinajstić information content (AvgIpc) is 2.39. The van der Waals surface area contributed by atoms with Gasteiger partial charge in [0, 0.05) is 12.3 Å². The number of nitrogens with zero attached hydrogens (tertiary/aromatic N) is 1. The standard InChI is InChI=1S/C14H15F2N3/c1-9-3-2-6-18-14(9)13(19-17)7-10-4-5-11(15)8-12(10)16/h2-6,8,13,19H,7,17H2,1H3. The molecule has 0 saturated heterocycles. The summed E-state index contributed by atoms with van der Waals surface area (Å²) >= 11 is 0. The summed E-state index contributed by atoms with van der Waals surface area (Å²) < 4.78 is 26.5. The van der Waals surface area contributed by atoms with E-state index in [2.05, 4.69) is 10.4 Å². The summed E-state index contributed by atoms with van der Waals surface area (Å²) in [5.41, 5.74) is 4.75. The summed E-state index contributed by atoms with van der Waals surface area (Å²) in [4.78, 5) is 4.25. The number of hydrogen-bond donors (Lipinski definition) is 2. The van der Waals surface area contributed by atoms with E-state index in [-0.39, 0.29) is 6.04 Å². The maximum Gasteiger partial charge on any atom is 0.129 e. The molecule has 0 saturated carbocycles. The average molecular weight is 263 g/mol. The largest absolute Gasteiger partial charge is 0.271 e. The van der Waals surface area contributed by atoms with E-state index in [9.17, 15) is 8.78 Å². The van der Waals surface area contributed by atoms with Crippen molar-refractivity contribution in [2.75, 3.05) is 0 Å². The van der Waals surface area contributed by atoms with Gasteiger partial charge in [0.15, 0.2) is 0 Å². The third kappa shape index (κ3) is 3.13. The van der Waals surface area contributed by atoms with Gasteiger partial charge in [0.05, 0.1) is 11.7 Å². The minimum absolute atomic E-state index is 0.306. The number of nitrogens with two attached hydrogens (primary N) is 1. The Hall–Kier alpha value is -1.85. The van der Waals surface area contributed by atoms with E-state index < -0.39 is 11.6 Å². The monoisotopic (exact) mass is 263 g/mol. The Morgan fingerprint density at radius 3 is 2.74 bits per heavy atom. The molecule has 5 heteroatoms. The quantitative estimate of drug-likeness (QED) is 0.658. The fraction of sp³-hybridized carbons (Fsp3) is 0.214. The highest BCUT2D eigenvalue weighted by Gasteiger charge is 2.16. The first-order chi connectivity index (χ1) is 9.11. The van der Waals surface area contributed by atoms with Crippen LogP contribution in [0.3, 0.4) is 0 Å². The molecule has 0 aliphatic heterocycles. The van der Waals surface area contributed by atoms with Gasteiger partial charge in [-0.3, -0.25) is 16.3 Å². The molecule has 0 fully saturated rings. The highest BCUT2D eigenvalue weighted by atomic mass is 19.1. The first kappa shape index (κ1) is 13.6. The second-order valence-electron chi connectivity index (χ2n) is 4.36. The zero-order valence-corrected chi connectivity index (χ0v) is 10.5. The van der Waals surface area contributed by atoms with Crippen molar-refractivity contribution in [2.45, 2.75) is 19.4 Å². The molecule has 0 spiro atoms. The van der Waals surface area contributed by atoms with E-state index in [1.165, 1.54) is 12.1 Å². The number of hydrazine groups is 1. The third-order valence-corrected chi connectivity index (χ3v) is 3.02. The predicted molar refractivity (Wildman–Crippen MR) is 69.1 cm³/mol. The topological polar surface area (TPSA) is 50.9 Å². The van der Waals surface area contributed by atoms with E-state index in [1.54, 1.807) is 6.20 Å². The Bertz CT molecular complexity index is 572. The lowest BCUT2D eigenvalue weighted by Crippen LogP contribution is -2.31. The van der Waals surface area contributed by atoms with Crippen molar-refractivity contribution in [1.29, 1.82) is 0 Å². The molecule has 0 aliphatic carbocycles. The van der Waals surface area contributed by atoms with Crippen molar-refractivity contribution in [2.24, 2.45) is 5.84 Å². The van der Waals surface area contributed by atoms with Crippen LogP contribution in [0.25, 0.3) is 0 Å². The number of pyridine rings is 1. The van der Waals surface area contributed by atoms with Crippen LogP contribution in [0.4, 0.5) is 8.78 Å². The molecule has 2 rings (SSSR count). The number of hydrogen-bond acceptors (Lipinski definition) is 3. The van der Waals surface area contributed by atoms with Crippen LogP contribution in [-0.2, 0) is 6.42 Å².